The van der Waals surface area contributed by atoms with Crippen LogP contribution in [0.4, 0.5) is 0 Å². The molecule has 2 rings (SSSR count). The second kappa shape index (κ2) is 7.85. The summed E-state index contributed by atoms with van der Waals surface area (Å²) in [5, 5.41) is 1.02. The van der Waals surface area contributed by atoms with Crippen molar-refractivity contribution in [3.63, 3.8) is 0 Å². The number of hydrogen-bond donors (Lipinski definition) is 0. The third-order valence-electron chi connectivity index (χ3n) is 3.88. The minimum Gasteiger partial charge on any atom is -0.481 e. The van der Waals surface area contributed by atoms with Crippen LogP contribution in [0, 0.1) is 0 Å². The zero-order chi connectivity index (χ0) is 13.5. The highest BCUT2D eigenvalue weighted by molar-refractivity contribution is 9.09. The minimum atomic E-state index is 0.719. The first kappa shape index (κ1) is 14.8. The zero-order valence-electron chi connectivity index (χ0n) is 11.6. The first-order valence-electron chi connectivity index (χ1n) is 7.13. The number of nitrogens with zero attached hydrogens (tertiary/aromatic N) is 2. The van der Waals surface area contributed by atoms with Crippen molar-refractivity contribution in [2.45, 2.75) is 44.7 Å². The Bertz CT molecular complexity index is 380. The Kier molecular flexibility index (Phi) is 6.11. The van der Waals surface area contributed by atoms with Gasteiger partial charge in [-0.05, 0) is 18.9 Å². The average molecular weight is 327 g/mol. The van der Waals surface area contributed by atoms with Crippen molar-refractivity contribution < 1.29 is 4.74 Å². The summed E-state index contributed by atoms with van der Waals surface area (Å²) in [5.41, 5.74) is 1.19. The molecule has 1 fully saturated rings. The molecule has 19 heavy (non-hydrogen) atoms. The highest BCUT2D eigenvalue weighted by Crippen LogP contribution is 2.25. The van der Waals surface area contributed by atoms with Gasteiger partial charge in [0.2, 0.25) is 5.88 Å². The van der Waals surface area contributed by atoms with Crippen LogP contribution in [-0.2, 0) is 6.54 Å². The van der Waals surface area contributed by atoms with E-state index >= 15 is 0 Å². The standard InChI is InChI=1S/C15H23BrN2O/c1-19-15-13(6-5-10-17-15)12-18(11-9-16)14-7-3-2-4-8-14/h5-6,10,14H,2-4,7-9,11-12H2,1H3. The molecule has 1 heterocycles. The fraction of sp³-hybridized carbons (Fsp3) is 0.667. The number of halogens is 1. The van der Waals surface area contributed by atoms with Gasteiger partial charge in [-0.1, -0.05) is 41.3 Å². The van der Waals surface area contributed by atoms with Gasteiger partial charge in [0.15, 0.2) is 0 Å². The molecule has 1 aromatic rings. The molecule has 0 atom stereocenters. The predicted octanol–water partition coefficient (Wildman–Crippen LogP) is 3.62. The molecule has 0 N–H and O–H groups in total. The van der Waals surface area contributed by atoms with Crippen LogP contribution in [0.3, 0.4) is 0 Å². The van der Waals surface area contributed by atoms with E-state index in [0.717, 1.165) is 30.3 Å². The summed E-state index contributed by atoms with van der Waals surface area (Å²) in [6.07, 6.45) is 8.58. The van der Waals surface area contributed by atoms with Crippen LogP contribution in [0.25, 0.3) is 0 Å². The molecule has 0 spiro atoms. The van der Waals surface area contributed by atoms with Crippen LogP contribution < -0.4 is 4.74 Å². The molecule has 4 heteroatoms. The van der Waals surface area contributed by atoms with Crippen LogP contribution in [0.15, 0.2) is 18.3 Å². The van der Waals surface area contributed by atoms with Crippen molar-refractivity contribution in [3.8, 4) is 5.88 Å². The molecular weight excluding hydrogens is 304 g/mol. The number of rotatable bonds is 6. The van der Waals surface area contributed by atoms with Crippen molar-refractivity contribution in [1.82, 2.24) is 9.88 Å². The number of hydrogen-bond acceptors (Lipinski definition) is 3. The lowest BCUT2D eigenvalue weighted by Crippen LogP contribution is -2.37. The lowest BCUT2D eigenvalue weighted by molar-refractivity contribution is 0.156. The van der Waals surface area contributed by atoms with Gasteiger partial charge in [-0.3, -0.25) is 4.90 Å². The van der Waals surface area contributed by atoms with Gasteiger partial charge >= 0.3 is 0 Å². The fourth-order valence-corrected chi connectivity index (χ4v) is 3.35. The van der Waals surface area contributed by atoms with Crippen molar-refractivity contribution in [2.75, 3.05) is 19.0 Å². The number of aromatic nitrogens is 1. The summed E-state index contributed by atoms with van der Waals surface area (Å²) in [6, 6.07) is 4.83. The monoisotopic (exact) mass is 326 g/mol. The molecule has 0 aromatic carbocycles. The minimum absolute atomic E-state index is 0.719. The van der Waals surface area contributed by atoms with Gasteiger partial charge in [-0.2, -0.15) is 0 Å². The third-order valence-corrected chi connectivity index (χ3v) is 4.23. The van der Waals surface area contributed by atoms with Crippen LogP contribution in [0.1, 0.15) is 37.7 Å². The number of pyridine rings is 1. The molecule has 0 unspecified atom stereocenters. The Morgan fingerprint density at radius 1 is 1.37 bits per heavy atom. The Morgan fingerprint density at radius 2 is 2.16 bits per heavy atom. The summed E-state index contributed by atoms with van der Waals surface area (Å²) < 4.78 is 5.36. The van der Waals surface area contributed by atoms with Gasteiger partial charge in [-0.15, -0.1) is 0 Å². The summed E-state index contributed by atoms with van der Waals surface area (Å²) >= 11 is 3.58. The number of methoxy groups -OCH3 is 1. The Hall–Kier alpha value is -0.610. The van der Waals surface area contributed by atoms with E-state index in [9.17, 15) is 0 Å². The highest BCUT2D eigenvalue weighted by Gasteiger charge is 2.21. The maximum atomic E-state index is 5.36. The summed E-state index contributed by atoms with van der Waals surface area (Å²) in [4.78, 5) is 6.87. The van der Waals surface area contributed by atoms with Gasteiger partial charge in [0.25, 0.3) is 0 Å². The van der Waals surface area contributed by atoms with Crippen molar-refractivity contribution in [1.29, 1.82) is 0 Å². The van der Waals surface area contributed by atoms with E-state index in [4.69, 9.17) is 4.74 Å². The van der Waals surface area contributed by atoms with Gasteiger partial charge < -0.3 is 4.74 Å². The second-order valence-electron chi connectivity index (χ2n) is 5.12. The largest absolute Gasteiger partial charge is 0.481 e. The lowest BCUT2D eigenvalue weighted by atomic mass is 9.94. The first-order chi connectivity index (χ1) is 9.35. The molecule has 0 amide bonds. The van der Waals surface area contributed by atoms with Gasteiger partial charge in [0.05, 0.1) is 7.11 Å². The van der Waals surface area contributed by atoms with E-state index < -0.39 is 0 Å². The van der Waals surface area contributed by atoms with Gasteiger partial charge in [0, 0.05) is 36.2 Å². The average Bonchev–Trinajstić information content (AvgIpc) is 2.48. The normalized spacial score (nSPS) is 16.8. The van der Waals surface area contributed by atoms with E-state index in [2.05, 4.69) is 31.9 Å². The van der Waals surface area contributed by atoms with Gasteiger partial charge in [0.1, 0.15) is 0 Å². The molecule has 1 aromatic heterocycles. The Morgan fingerprint density at radius 3 is 2.84 bits per heavy atom. The Labute approximate surface area is 124 Å². The fourth-order valence-electron chi connectivity index (χ4n) is 2.89. The smallest absolute Gasteiger partial charge is 0.217 e. The summed E-state index contributed by atoms with van der Waals surface area (Å²) in [6.45, 7) is 2.02. The van der Waals surface area contributed by atoms with Crippen LogP contribution in [0.5, 0.6) is 5.88 Å². The predicted molar refractivity (Wildman–Crippen MR) is 81.9 cm³/mol. The molecule has 0 saturated heterocycles. The van der Waals surface area contributed by atoms with Crippen molar-refractivity contribution in [2.24, 2.45) is 0 Å². The molecule has 106 valence electrons. The number of alkyl halides is 1. The van der Waals surface area contributed by atoms with E-state index in [1.165, 1.54) is 37.7 Å². The molecule has 1 saturated carbocycles. The van der Waals surface area contributed by atoms with Crippen molar-refractivity contribution in [3.05, 3.63) is 23.9 Å². The van der Waals surface area contributed by atoms with E-state index in [1.54, 1.807) is 13.3 Å². The van der Waals surface area contributed by atoms with Crippen molar-refractivity contribution >= 4 is 15.9 Å². The topological polar surface area (TPSA) is 25.4 Å². The van der Waals surface area contributed by atoms with E-state index in [0.29, 0.717) is 0 Å². The molecule has 1 aliphatic carbocycles. The lowest BCUT2D eigenvalue weighted by Gasteiger charge is -2.34. The maximum Gasteiger partial charge on any atom is 0.217 e. The molecule has 0 bridgehead atoms. The SMILES string of the molecule is COc1ncccc1CN(CCBr)C1CCCCC1. The van der Waals surface area contributed by atoms with Crippen LogP contribution in [-0.4, -0.2) is 34.9 Å². The van der Waals surface area contributed by atoms with Gasteiger partial charge in [-0.25, -0.2) is 4.98 Å². The van der Waals surface area contributed by atoms with E-state index in [1.807, 2.05) is 6.07 Å². The molecule has 1 aliphatic rings. The summed E-state index contributed by atoms with van der Waals surface area (Å²) in [7, 11) is 1.70. The number of ether oxygens (including phenoxy) is 1. The summed E-state index contributed by atoms with van der Waals surface area (Å²) in [5.74, 6) is 0.762. The zero-order valence-corrected chi connectivity index (χ0v) is 13.2. The third kappa shape index (κ3) is 4.18. The maximum absolute atomic E-state index is 5.36. The van der Waals surface area contributed by atoms with Crippen LogP contribution in [0.2, 0.25) is 0 Å². The molecule has 0 radical (unpaired) electrons. The molecule has 3 nitrogen and oxygen atoms in total. The van der Waals surface area contributed by atoms with E-state index in [-0.39, 0.29) is 0 Å². The Balaban J connectivity index is 2.06. The highest BCUT2D eigenvalue weighted by atomic mass is 79.9. The van der Waals surface area contributed by atoms with Crippen LogP contribution >= 0.6 is 15.9 Å². The molecular formula is C15H23BrN2O. The first-order valence-corrected chi connectivity index (χ1v) is 8.25. The quantitative estimate of drug-likeness (QED) is 0.746. The molecule has 0 aliphatic heterocycles. The second-order valence-corrected chi connectivity index (χ2v) is 5.92.